The SMILES string of the molecule is Cc1c(CC(C)C)sc2cc(B(O)O)ccc12. The summed E-state index contributed by atoms with van der Waals surface area (Å²) in [5, 5.41) is 19.6. The third-order valence-electron chi connectivity index (χ3n) is 2.95. The van der Waals surface area contributed by atoms with E-state index in [1.807, 2.05) is 12.1 Å². The summed E-state index contributed by atoms with van der Waals surface area (Å²) in [4.78, 5) is 1.40. The number of rotatable bonds is 3. The lowest BCUT2D eigenvalue weighted by Crippen LogP contribution is -2.29. The molecule has 2 nitrogen and oxygen atoms in total. The maximum atomic E-state index is 9.16. The molecule has 1 aromatic carbocycles. The third-order valence-corrected chi connectivity index (χ3v) is 4.23. The van der Waals surface area contributed by atoms with Crippen LogP contribution in [-0.2, 0) is 6.42 Å². The lowest BCUT2D eigenvalue weighted by atomic mass is 9.80. The van der Waals surface area contributed by atoms with Crippen molar-refractivity contribution in [2.45, 2.75) is 27.2 Å². The predicted molar refractivity (Wildman–Crippen MR) is 74.9 cm³/mol. The fourth-order valence-corrected chi connectivity index (χ4v) is 3.49. The zero-order valence-electron chi connectivity index (χ0n) is 10.4. The van der Waals surface area contributed by atoms with Crippen molar-refractivity contribution < 1.29 is 10.0 Å². The van der Waals surface area contributed by atoms with Gasteiger partial charge in [-0.05, 0) is 41.7 Å². The molecule has 0 bridgehead atoms. The van der Waals surface area contributed by atoms with Crippen molar-refractivity contribution in [1.29, 1.82) is 0 Å². The summed E-state index contributed by atoms with van der Waals surface area (Å²) in [7, 11) is -1.38. The molecule has 0 spiro atoms. The normalized spacial score (nSPS) is 11.4. The Labute approximate surface area is 106 Å². The highest BCUT2D eigenvalue weighted by atomic mass is 32.1. The van der Waals surface area contributed by atoms with Gasteiger partial charge in [-0.15, -0.1) is 11.3 Å². The van der Waals surface area contributed by atoms with E-state index >= 15 is 0 Å². The highest BCUT2D eigenvalue weighted by Crippen LogP contribution is 2.31. The lowest BCUT2D eigenvalue weighted by Gasteiger charge is -2.02. The van der Waals surface area contributed by atoms with Crippen LogP contribution in [0, 0.1) is 12.8 Å². The van der Waals surface area contributed by atoms with Gasteiger partial charge in [0.2, 0.25) is 0 Å². The highest BCUT2D eigenvalue weighted by Gasteiger charge is 2.14. The quantitative estimate of drug-likeness (QED) is 0.816. The fourth-order valence-electron chi connectivity index (χ4n) is 2.02. The molecule has 0 aliphatic rings. The summed E-state index contributed by atoms with van der Waals surface area (Å²) >= 11 is 1.76. The van der Waals surface area contributed by atoms with Gasteiger partial charge < -0.3 is 10.0 Å². The molecular weight excluding hydrogens is 231 g/mol. The third kappa shape index (κ3) is 2.54. The predicted octanol–water partition coefficient (Wildman–Crippen LogP) is 2.09. The second kappa shape index (κ2) is 4.80. The average Bonchev–Trinajstić information content (AvgIpc) is 2.54. The van der Waals surface area contributed by atoms with Gasteiger partial charge in [0.1, 0.15) is 0 Å². The zero-order valence-corrected chi connectivity index (χ0v) is 11.2. The monoisotopic (exact) mass is 248 g/mol. The number of hydrogen-bond acceptors (Lipinski definition) is 3. The van der Waals surface area contributed by atoms with Crippen LogP contribution >= 0.6 is 11.3 Å². The highest BCUT2D eigenvalue weighted by molar-refractivity contribution is 7.19. The minimum absolute atomic E-state index is 0.565. The van der Waals surface area contributed by atoms with Crippen molar-refractivity contribution in [3.63, 3.8) is 0 Å². The summed E-state index contributed by atoms with van der Waals surface area (Å²) in [6, 6.07) is 5.65. The molecule has 17 heavy (non-hydrogen) atoms. The van der Waals surface area contributed by atoms with Crippen molar-refractivity contribution in [2.75, 3.05) is 0 Å². The van der Waals surface area contributed by atoms with Gasteiger partial charge in [0.05, 0.1) is 0 Å². The van der Waals surface area contributed by atoms with Crippen LogP contribution in [0.4, 0.5) is 0 Å². The van der Waals surface area contributed by atoms with E-state index in [2.05, 4.69) is 20.8 Å². The van der Waals surface area contributed by atoms with E-state index < -0.39 is 7.12 Å². The Hall–Kier alpha value is -0.835. The topological polar surface area (TPSA) is 40.5 Å². The summed E-state index contributed by atoms with van der Waals surface area (Å²) in [5.74, 6) is 0.643. The van der Waals surface area contributed by atoms with Gasteiger partial charge in [-0.1, -0.05) is 26.0 Å². The van der Waals surface area contributed by atoms with Crippen molar-refractivity contribution in [3.8, 4) is 0 Å². The first-order chi connectivity index (χ1) is 7.99. The molecule has 0 aliphatic heterocycles. The maximum Gasteiger partial charge on any atom is 0.488 e. The molecule has 0 radical (unpaired) electrons. The van der Waals surface area contributed by atoms with E-state index in [9.17, 15) is 0 Å². The summed E-state index contributed by atoms with van der Waals surface area (Å²) in [5.41, 5.74) is 1.90. The lowest BCUT2D eigenvalue weighted by molar-refractivity contribution is 0.426. The van der Waals surface area contributed by atoms with Crippen LogP contribution in [0.15, 0.2) is 18.2 Å². The molecule has 4 heteroatoms. The number of aryl methyl sites for hydroxylation is 1. The van der Waals surface area contributed by atoms with Crippen LogP contribution in [0.3, 0.4) is 0 Å². The van der Waals surface area contributed by atoms with Crippen LogP contribution in [0.25, 0.3) is 10.1 Å². The molecule has 0 aliphatic carbocycles. The molecule has 2 aromatic rings. The smallest absolute Gasteiger partial charge is 0.423 e. The molecule has 0 saturated heterocycles. The van der Waals surface area contributed by atoms with Crippen molar-refractivity contribution in [3.05, 3.63) is 28.6 Å². The first-order valence-corrected chi connectivity index (χ1v) is 6.68. The van der Waals surface area contributed by atoms with Gasteiger partial charge in [0.25, 0.3) is 0 Å². The second-order valence-corrected chi connectivity index (χ2v) is 6.01. The molecule has 1 heterocycles. The van der Waals surface area contributed by atoms with Crippen LogP contribution in [-0.4, -0.2) is 17.2 Å². The standard InChI is InChI=1S/C13H17BO2S/c1-8(2)6-12-9(3)11-5-4-10(14(15)16)7-13(11)17-12/h4-5,7-8,15-16H,6H2,1-3H3. The van der Waals surface area contributed by atoms with Crippen molar-refractivity contribution in [1.82, 2.24) is 0 Å². The van der Waals surface area contributed by atoms with Crippen LogP contribution < -0.4 is 5.46 Å². The Morgan fingerprint density at radius 3 is 2.59 bits per heavy atom. The van der Waals surface area contributed by atoms with Crippen molar-refractivity contribution in [2.24, 2.45) is 5.92 Å². The summed E-state index contributed by atoms with van der Waals surface area (Å²) in [6.45, 7) is 6.57. The first kappa shape index (κ1) is 12.6. The van der Waals surface area contributed by atoms with E-state index in [-0.39, 0.29) is 0 Å². The molecular formula is C13H17BO2S. The summed E-state index contributed by atoms with van der Waals surface area (Å²) < 4.78 is 1.14. The van der Waals surface area contributed by atoms with E-state index in [4.69, 9.17) is 10.0 Å². The van der Waals surface area contributed by atoms with Crippen LogP contribution in [0.2, 0.25) is 0 Å². The number of benzene rings is 1. The number of fused-ring (bicyclic) bond motifs is 1. The molecule has 2 rings (SSSR count). The Morgan fingerprint density at radius 1 is 1.29 bits per heavy atom. The largest absolute Gasteiger partial charge is 0.488 e. The van der Waals surface area contributed by atoms with E-state index in [1.165, 1.54) is 15.8 Å². The molecule has 0 fully saturated rings. The van der Waals surface area contributed by atoms with Gasteiger partial charge in [-0.25, -0.2) is 0 Å². The van der Waals surface area contributed by atoms with Gasteiger partial charge in [-0.3, -0.25) is 0 Å². The average molecular weight is 248 g/mol. The van der Waals surface area contributed by atoms with Crippen LogP contribution in [0.5, 0.6) is 0 Å². The minimum atomic E-state index is -1.38. The molecule has 0 atom stereocenters. The fraction of sp³-hybridized carbons (Fsp3) is 0.385. The molecule has 90 valence electrons. The maximum absolute atomic E-state index is 9.16. The van der Waals surface area contributed by atoms with E-state index in [1.54, 1.807) is 17.4 Å². The molecule has 0 amide bonds. The Morgan fingerprint density at radius 2 is 2.00 bits per heavy atom. The molecule has 1 aromatic heterocycles. The van der Waals surface area contributed by atoms with E-state index in [0.29, 0.717) is 11.4 Å². The van der Waals surface area contributed by atoms with Gasteiger partial charge in [0, 0.05) is 9.58 Å². The summed E-state index contributed by atoms with van der Waals surface area (Å²) in [6.07, 6.45) is 1.09. The minimum Gasteiger partial charge on any atom is -0.423 e. The molecule has 0 saturated carbocycles. The second-order valence-electron chi connectivity index (χ2n) is 4.88. The van der Waals surface area contributed by atoms with E-state index in [0.717, 1.165) is 11.1 Å². The Bertz CT molecular complexity index is 531. The van der Waals surface area contributed by atoms with Gasteiger partial charge in [0.15, 0.2) is 0 Å². The van der Waals surface area contributed by atoms with Gasteiger partial charge in [-0.2, -0.15) is 0 Å². The Balaban J connectivity index is 2.49. The number of thiophene rings is 1. The van der Waals surface area contributed by atoms with Crippen molar-refractivity contribution >= 4 is 34.0 Å². The number of hydrogen-bond donors (Lipinski definition) is 2. The Kier molecular flexibility index (Phi) is 3.57. The van der Waals surface area contributed by atoms with Gasteiger partial charge >= 0.3 is 7.12 Å². The molecule has 0 unspecified atom stereocenters. The first-order valence-electron chi connectivity index (χ1n) is 5.87. The molecule has 2 N–H and O–H groups in total. The zero-order chi connectivity index (χ0) is 12.6. The van der Waals surface area contributed by atoms with Crippen LogP contribution in [0.1, 0.15) is 24.3 Å².